The molecule has 4 rings (SSSR count). The van der Waals surface area contributed by atoms with Crippen molar-refractivity contribution >= 4 is 35.0 Å². The van der Waals surface area contributed by atoms with Gasteiger partial charge in [-0.2, -0.15) is 0 Å². The van der Waals surface area contributed by atoms with Crippen LogP contribution < -0.4 is 29.1 Å². The van der Waals surface area contributed by atoms with Gasteiger partial charge in [-0.15, -0.1) is 0 Å². The highest BCUT2D eigenvalue weighted by atomic mass is 35.5. The van der Waals surface area contributed by atoms with Gasteiger partial charge in [0.15, 0.2) is 16.3 Å². The first-order chi connectivity index (χ1) is 18.8. The molecule has 0 aliphatic carbocycles. The smallest absolute Gasteiger partial charge is 0.338 e. The molecule has 8 nitrogen and oxygen atoms in total. The third-order valence-corrected chi connectivity index (χ3v) is 7.18. The number of hydrogen-bond donors (Lipinski definition) is 0. The Bertz CT molecular complexity index is 1600. The van der Waals surface area contributed by atoms with E-state index in [2.05, 4.69) is 11.6 Å². The zero-order chi connectivity index (χ0) is 28.1. The summed E-state index contributed by atoms with van der Waals surface area (Å²) in [4.78, 5) is 32.0. The molecule has 10 heteroatoms. The second-order valence-electron chi connectivity index (χ2n) is 8.44. The van der Waals surface area contributed by atoms with Gasteiger partial charge in [0.2, 0.25) is 0 Å². The standard InChI is InChI=1S/C29H29ClN2O6S/c1-6-13-38-26-21(30)14-18(15-22(26)35-5)16-23-27(33)32-25(19-9-11-20(12-10-19)36-7-2)24(28(34)37-8-3)17(4)31-29(32)39-23/h6,9-12,14-16,25H,1,7-8,13H2,2-5H3/b23-16-/t25-/m1/s1. The second kappa shape index (κ2) is 12.4. The zero-order valence-corrected chi connectivity index (χ0v) is 23.7. The minimum Gasteiger partial charge on any atom is -0.494 e. The van der Waals surface area contributed by atoms with Gasteiger partial charge >= 0.3 is 5.97 Å². The molecule has 0 saturated carbocycles. The molecule has 2 heterocycles. The SMILES string of the molecule is C=CCOc1c(Cl)cc(/C=c2\sc3n(c2=O)[C@H](c2ccc(OCC)cc2)C(C(=O)OCC)=C(C)N=3)cc1OC. The first-order valence-corrected chi connectivity index (χ1v) is 13.6. The Morgan fingerprint density at radius 2 is 1.92 bits per heavy atom. The zero-order valence-electron chi connectivity index (χ0n) is 22.2. The number of carbonyl (C=O) groups is 1. The van der Waals surface area contributed by atoms with Crippen LogP contribution >= 0.6 is 22.9 Å². The van der Waals surface area contributed by atoms with Crippen molar-refractivity contribution in [2.45, 2.75) is 26.8 Å². The molecular weight excluding hydrogens is 540 g/mol. The van der Waals surface area contributed by atoms with Crippen LogP contribution in [0.15, 0.2) is 70.1 Å². The van der Waals surface area contributed by atoms with E-state index in [1.54, 1.807) is 38.1 Å². The molecule has 3 aromatic rings. The van der Waals surface area contributed by atoms with Crippen molar-refractivity contribution in [2.75, 3.05) is 26.9 Å². The van der Waals surface area contributed by atoms with Crippen LogP contribution in [0.25, 0.3) is 6.08 Å². The van der Waals surface area contributed by atoms with Crippen LogP contribution in [0.1, 0.15) is 37.9 Å². The predicted molar refractivity (Wildman–Crippen MR) is 152 cm³/mol. The van der Waals surface area contributed by atoms with Gasteiger partial charge in [-0.25, -0.2) is 9.79 Å². The Labute approximate surface area is 235 Å². The molecule has 1 aliphatic rings. The van der Waals surface area contributed by atoms with Gasteiger partial charge in [-0.3, -0.25) is 9.36 Å². The average Bonchev–Trinajstić information content (AvgIpc) is 3.21. The molecule has 0 unspecified atom stereocenters. The van der Waals surface area contributed by atoms with Crippen molar-refractivity contribution in [2.24, 2.45) is 4.99 Å². The van der Waals surface area contributed by atoms with Crippen LogP contribution in [0.4, 0.5) is 0 Å². The monoisotopic (exact) mass is 568 g/mol. The molecule has 0 fully saturated rings. The molecule has 0 saturated heterocycles. The Morgan fingerprint density at radius 3 is 2.56 bits per heavy atom. The van der Waals surface area contributed by atoms with E-state index < -0.39 is 12.0 Å². The maximum Gasteiger partial charge on any atom is 0.338 e. The molecule has 1 atom stereocenters. The molecule has 1 aromatic heterocycles. The number of hydrogen-bond acceptors (Lipinski definition) is 8. The highest BCUT2D eigenvalue weighted by Gasteiger charge is 2.33. The molecule has 0 spiro atoms. The Morgan fingerprint density at radius 1 is 1.18 bits per heavy atom. The predicted octanol–water partition coefficient (Wildman–Crippen LogP) is 4.42. The molecular formula is C29H29ClN2O6S. The van der Waals surface area contributed by atoms with Crippen molar-refractivity contribution in [3.05, 3.63) is 96.2 Å². The largest absolute Gasteiger partial charge is 0.494 e. The lowest BCUT2D eigenvalue weighted by Crippen LogP contribution is -2.39. The number of allylic oxidation sites excluding steroid dienone is 1. The Kier molecular flexibility index (Phi) is 8.93. The Hall–Kier alpha value is -3.82. The van der Waals surface area contributed by atoms with Crippen LogP contribution in [0.2, 0.25) is 5.02 Å². The van der Waals surface area contributed by atoms with Crippen molar-refractivity contribution in [3.8, 4) is 17.2 Å². The van der Waals surface area contributed by atoms with Gasteiger partial charge in [0, 0.05) is 0 Å². The van der Waals surface area contributed by atoms with Crippen LogP contribution in [0, 0.1) is 0 Å². The number of ether oxygens (including phenoxy) is 4. The van der Waals surface area contributed by atoms with Crippen LogP contribution in [0.5, 0.6) is 17.2 Å². The summed E-state index contributed by atoms with van der Waals surface area (Å²) in [5.41, 5.74) is 1.89. The van der Waals surface area contributed by atoms with Crippen molar-refractivity contribution in [1.29, 1.82) is 0 Å². The van der Waals surface area contributed by atoms with Crippen molar-refractivity contribution < 1.29 is 23.7 Å². The number of benzene rings is 2. The van der Waals surface area contributed by atoms with E-state index in [4.69, 9.17) is 30.5 Å². The lowest BCUT2D eigenvalue weighted by Gasteiger charge is -2.24. The fourth-order valence-corrected chi connectivity index (χ4v) is 5.60. The number of rotatable bonds is 10. The average molecular weight is 569 g/mol. The quantitative estimate of drug-likeness (QED) is 0.266. The number of carbonyl (C=O) groups excluding carboxylic acids is 1. The summed E-state index contributed by atoms with van der Waals surface area (Å²) >= 11 is 7.69. The summed E-state index contributed by atoms with van der Waals surface area (Å²) in [5, 5.41) is 0.336. The van der Waals surface area contributed by atoms with Gasteiger partial charge in [-0.05, 0) is 62.2 Å². The maximum absolute atomic E-state index is 13.8. The van der Waals surface area contributed by atoms with E-state index in [9.17, 15) is 9.59 Å². The Balaban J connectivity index is 1.88. The molecule has 0 bridgehead atoms. The first kappa shape index (κ1) is 28.2. The van der Waals surface area contributed by atoms with Crippen LogP contribution in [-0.2, 0) is 9.53 Å². The van der Waals surface area contributed by atoms with Gasteiger partial charge < -0.3 is 18.9 Å². The summed E-state index contributed by atoms with van der Waals surface area (Å²) in [5.74, 6) is 0.996. The molecule has 39 heavy (non-hydrogen) atoms. The summed E-state index contributed by atoms with van der Waals surface area (Å²) < 4.78 is 24.0. The third-order valence-electron chi connectivity index (χ3n) is 5.92. The lowest BCUT2D eigenvalue weighted by molar-refractivity contribution is -0.139. The minimum absolute atomic E-state index is 0.200. The van der Waals surface area contributed by atoms with E-state index in [1.165, 1.54) is 23.0 Å². The van der Waals surface area contributed by atoms with E-state index in [1.807, 2.05) is 31.2 Å². The van der Waals surface area contributed by atoms with Gasteiger partial charge in [-0.1, -0.05) is 47.7 Å². The minimum atomic E-state index is -0.717. The van der Waals surface area contributed by atoms with Crippen LogP contribution in [0.3, 0.4) is 0 Å². The molecule has 204 valence electrons. The first-order valence-electron chi connectivity index (χ1n) is 12.4. The third kappa shape index (κ3) is 5.79. The van der Waals surface area contributed by atoms with Gasteiger partial charge in [0.05, 0.1) is 47.2 Å². The normalized spacial score (nSPS) is 14.9. The number of nitrogens with zero attached hydrogens (tertiary/aromatic N) is 2. The number of halogens is 1. The van der Waals surface area contributed by atoms with Crippen molar-refractivity contribution in [1.82, 2.24) is 4.57 Å². The molecule has 0 amide bonds. The summed E-state index contributed by atoms with van der Waals surface area (Å²) in [7, 11) is 1.51. The van der Waals surface area contributed by atoms with E-state index >= 15 is 0 Å². The number of aromatic nitrogens is 1. The summed E-state index contributed by atoms with van der Waals surface area (Å²) in [6.07, 6.45) is 3.33. The molecule has 2 aromatic carbocycles. The lowest BCUT2D eigenvalue weighted by atomic mass is 9.96. The van der Waals surface area contributed by atoms with Gasteiger partial charge in [0.1, 0.15) is 12.4 Å². The second-order valence-corrected chi connectivity index (χ2v) is 9.85. The summed E-state index contributed by atoms with van der Waals surface area (Å²) in [6.45, 7) is 10.0. The fraction of sp³-hybridized carbons (Fsp3) is 0.276. The highest BCUT2D eigenvalue weighted by molar-refractivity contribution is 7.07. The molecule has 0 N–H and O–H groups in total. The molecule has 0 radical (unpaired) electrons. The van der Waals surface area contributed by atoms with E-state index in [0.29, 0.717) is 55.0 Å². The maximum atomic E-state index is 13.8. The van der Waals surface area contributed by atoms with E-state index in [0.717, 1.165) is 5.56 Å². The highest BCUT2D eigenvalue weighted by Crippen LogP contribution is 2.37. The summed E-state index contributed by atoms with van der Waals surface area (Å²) in [6, 6.07) is 10.0. The molecule has 1 aliphatic heterocycles. The van der Waals surface area contributed by atoms with E-state index in [-0.39, 0.29) is 18.8 Å². The number of esters is 1. The topological polar surface area (TPSA) is 88.4 Å². The number of methoxy groups -OCH3 is 1. The van der Waals surface area contributed by atoms with Gasteiger partial charge in [0.25, 0.3) is 5.56 Å². The fourth-order valence-electron chi connectivity index (χ4n) is 4.28. The van der Waals surface area contributed by atoms with Crippen molar-refractivity contribution in [3.63, 3.8) is 0 Å². The van der Waals surface area contributed by atoms with Crippen LogP contribution in [-0.4, -0.2) is 37.5 Å². The number of fused-ring (bicyclic) bond motifs is 1. The number of thiazole rings is 1.